The summed E-state index contributed by atoms with van der Waals surface area (Å²) < 4.78 is 11.7. The fourth-order valence-corrected chi connectivity index (χ4v) is 4.21. The van der Waals surface area contributed by atoms with Gasteiger partial charge in [0.2, 0.25) is 5.91 Å². The van der Waals surface area contributed by atoms with Gasteiger partial charge in [-0.2, -0.15) is 0 Å². The molecule has 1 amide bonds. The summed E-state index contributed by atoms with van der Waals surface area (Å²) in [5.41, 5.74) is -0.777. The number of amides is 1. The Balaban J connectivity index is 2.12. The Labute approximate surface area is 133 Å². The molecular formula is C16H27NO4Si. The quantitative estimate of drug-likeness (QED) is 0.490. The van der Waals surface area contributed by atoms with Crippen LogP contribution in [0, 0.1) is 5.92 Å². The lowest BCUT2D eigenvalue weighted by molar-refractivity contribution is -0.161. The molecule has 124 valence electrons. The smallest absolute Gasteiger partial charge is 0.331 e. The Morgan fingerprint density at radius 1 is 1.36 bits per heavy atom. The number of ether oxygens (including phenoxy) is 1. The van der Waals surface area contributed by atoms with E-state index in [0.29, 0.717) is 0 Å². The highest BCUT2D eigenvalue weighted by atomic mass is 28.4. The Morgan fingerprint density at radius 3 is 2.36 bits per heavy atom. The van der Waals surface area contributed by atoms with Crippen LogP contribution in [0.15, 0.2) is 12.2 Å². The van der Waals surface area contributed by atoms with Crippen molar-refractivity contribution in [3.63, 3.8) is 0 Å². The number of cyclic esters (lactones) is 1. The molecule has 0 bridgehead atoms. The lowest BCUT2D eigenvalue weighted by Gasteiger charge is -2.49. The van der Waals surface area contributed by atoms with Gasteiger partial charge in [-0.25, -0.2) is 4.79 Å². The molecule has 0 aromatic rings. The van der Waals surface area contributed by atoms with Crippen LogP contribution >= 0.6 is 0 Å². The van der Waals surface area contributed by atoms with Crippen molar-refractivity contribution in [2.45, 2.75) is 70.5 Å². The van der Waals surface area contributed by atoms with Gasteiger partial charge >= 0.3 is 5.97 Å². The summed E-state index contributed by atoms with van der Waals surface area (Å²) in [6, 6.07) is -0.234. The lowest BCUT2D eigenvalue weighted by atomic mass is 9.76. The maximum absolute atomic E-state index is 12.1. The van der Waals surface area contributed by atoms with Crippen LogP contribution in [0.4, 0.5) is 0 Å². The van der Waals surface area contributed by atoms with Crippen molar-refractivity contribution in [1.82, 2.24) is 5.32 Å². The van der Waals surface area contributed by atoms with E-state index in [0.717, 1.165) is 0 Å². The van der Waals surface area contributed by atoms with Gasteiger partial charge in [-0.05, 0) is 38.1 Å². The van der Waals surface area contributed by atoms with Crippen LogP contribution in [-0.4, -0.2) is 37.9 Å². The summed E-state index contributed by atoms with van der Waals surface area (Å²) in [5, 5.41) is 2.95. The van der Waals surface area contributed by atoms with E-state index >= 15 is 0 Å². The van der Waals surface area contributed by atoms with Crippen molar-refractivity contribution in [3.8, 4) is 0 Å². The monoisotopic (exact) mass is 325 g/mol. The number of hydrogen-bond donors (Lipinski definition) is 1. The van der Waals surface area contributed by atoms with Gasteiger partial charge in [-0.1, -0.05) is 20.8 Å². The Hall–Kier alpha value is -1.14. The van der Waals surface area contributed by atoms with E-state index in [-0.39, 0.29) is 35.0 Å². The lowest BCUT2D eigenvalue weighted by Crippen LogP contribution is -2.71. The largest absolute Gasteiger partial charge is 0.450 e. The molecule has 1 saturated heterocycles. The number of nitrogens with one attached hydrogen (secondary N) is 1. The maximum atomic E-state index is 12.1. The predicted octanol–water partition coefficient (Wildman–Crippen LogP) is 2.38. The van der Waals surface area contributed by atoms with Crippen LogP contribution in [0.1, 0.15) is 34.6 Å². The molecule has 5 nitrogen and oxygen atoms in total. The van der Waals surface area contributed by atoms with Crippen molar-refractivity contribution < 1.29 is 18.8 Å². The van der Waals surface area contributed by atoms with E-state index in [1.54, 1.807) is 6.08 Å². The van der Waals surface area contributed by atoms with Crippen LogP contribution in [0.2, 0.25) is 18.1 Å². The minimum atomic E-state index is -1.96. The summed E-state index contributed by atoms with van der Waals surface area (Å²) >= 11 is 0. The Morgan fingerprint density at radius 2 is 1.95 bits per heavy atom. The first-order valence-electron chi connectivity index (χ1n) is 7.78. The number of esters is 1. The third-order valence-electron chi connectivity index (χ3n) is 5.24. The molecule has 2 heterocycles. The molecule has 1 N–H and O–H groups in total. The van der Waals surface area contributed by atoms with E-state index in [2.05, 4.69) is 39.2 Å². The molecule has 6 heteroatoms. The zero-order valence-corrected chi connectivity index (χ0v) is 15.5. The average molecular weight is 325 g/mol. The second kappa shape index (κ2) is 5.20. The third-order valence-corrected chi connectivity index (χ3v) is 9.81. The van der Waals surface area contributed by atoms with Crippen molar-refractivity contribution in [2.24, 2.45) is 5.92 Å². The van der Waals surface area contributed by atoms with Gasteiger partial charge in [-0.3, -0.25) is 4.79 Å². The number of β-lactam (4-membered cyclic amide) rings is 1. The first-order valence-corrected chi connectivity index (χ1v) is 10.7. The number of carbonyl (C=O) groups is 2. The van der Waals surface area contributed by atoms with Crippen LogP contribution < -0.4 is 5.32 Å². The molecule has 0 unspecified atom stereocenters. The van der Waals surface area contributed by atoms with Gasteiger partial charge in [0, 0.05) is 6.08 Å². The topological polar surface area (TPSA) is 64.6 Å². The molecule has 2 aliphatic rings. The van der Waals surface area contributed by atoms with Crippen molar-refractivity contribution in [1.29, 1.82) is 0 Å². The van der Waals surface area contributed by atoms with Crippen LogP contribution in [0.25, 0.3) is 0 Å². The Kier molecular flexibility index (Phi) is 4.07. The molecular weight excluding hydrogens is 298 g/mol. The SMILES string of the molecule is C[C@@H](O[Si](C)(C)C(C)(C)C)[C@H]1C(=O)N[C@@H]1[C@]1(C)C=CC(=O)O1. The van der Waals surface area contributed by atoms with E-state index in [4.69, 9.17) is 9.16 Å². The van der Waals surface area contributed by atoms with Crippen LogP contribution in [0.5, 0.6) is 0 Å². The predicted molar refractivity (Wildman–Crippen MR) is 86.8 cm³/mol. The summed E-state index contributed by atoms with van der Waals surface area (Å²) in [6.07, 6.45) is 2.94. The molecule has 0 saturated carbocycles. The van der Waals surface area contributed by atoms with Gasteiger partial charge in [0.05, 0.1) is 18.1 Å². The van der Waals surface area contributed by atoms with Crippen molar-refractivity contribution in [2.75, 3.05) is 0 Å². The second-order valence-corrected chi connectivity index (χ2v) is 12.8. The molecule has 2 rings (SSSR count). The fourth-order valence-electron chi connectivity index (χ4n) is 2.78. The number of rotatable bonds is 4. The highest BCUT2D eigenvalue weighted by Crippen LogP contribution is 2.41. The normalized spacial score (nSPS) is 33.2. The maximum Gasteiger partial charge on any atom is 0.331 e. The second-order valence-electron chi connectivity index (χ2n) is 8.03. The molecule has 0 aliphatic carbocycles. The van der Waals surface area contributed by atoms with Gasteiger partial charge in [-0.15, -0.1) is 0 Å². The summed E-state index contributed by atoms with van der Waals surface area (Å²) in [5.74, 6) is -0.691. The van der Waals surface area contributed by atoms with Gasteiger partial charge in [0.25, 0.3) is 0 Å². The first-order chi connectivity index (χ1) is 9.87. The zero-order chi connectivity index (χ0) is 16.9. The first kappa shape index (κ1) is 17.2. The van der Waals surface area contributed by atoms with Gasteiger partial charge in [0.1, 0.15) is 5.60 Å². The molecule has 22 heavy (non-hydrogen) atoms. The molecule has 0 radical (unpaired) electrons. The van der Waals surface area contributed by atoms with E-state index in [1.807, 2.05) is 13.8 Å². The minimum absolute atomic E-state index is 0.0335. The average Bonchev–Trinajstić information content (AvgIpc) is 2.64. The van der Waals surface area contributed by atoms with Gasteiger partial charge in [0.15, 0.2) is 8.32 Å². The zero-order valence-electron chi connectivity index (χ0n) is 14.5. The minimum Gasteiger partial charge on any atom is -0.450 e. The molecule has 0 aromatic heterocycles. The fraction of sp³-hybridized carbons (Fsp3) is 0.750. The molecule has 0 spiro atoms. The standard InChI is InChI=1S/C16H27NO4Si/c1-10(21-22(6,7)15(2,3)4)12-13(17-14(12)19)16(5)9-8-11(18)20-16/h8-10,12-13H,1-7H3,(H,17,19)/t10-,12-,13+,16+/m1/s1. The van der Waals surface area contributed by atoms with E-state index < -0.39 is 13.9 Å². The molecule has 2 aliphatic heterocycles. The van der Waals surface area contributed by atoms with Gasteiger partial charge < -0.3 is 14.5 Å². The molecule has 4 atom stereocenters. The summed E-state index contributed by atoms with van der Waals surface area (Å²) in [4.78, 5) is 23.4. The van der Waals surface area contributed by atoms with E-state index in [9.17, 15) is 9.59 Å². The highest BCUT2D eigenvalue weighted by molar-refractivity contribution is 6.74. The number of hydrogen-bond acceptors (Lipinski definition) is 4. The van der Waals surface area contributed by atoms with Crippen molar-refractivity contribution in [3.05, 3.63) is 12.2 Å². The Bertz CT molecular complexity index is 523. The summed E-state index contributed by atoms with van der Waals surface area (Å²) in [6.45, 7) is 14.6. The molecule has 1 fully saturated rings. The van der Waals surface area contributed by atoms with E-state index in [1.165, 1.54) is 6.08 Å². The van der Waals surface area contributed by atoms with Crippen LogP contribution in [-0.2, 0) is 18.8 Å². The molecule has 0 aromatic carbocycles. The number of carbonyl (C=O) groups excluding carboxylic acids is 2. The highest BCUT2D eigenvalue weighted by Gasteiger charge is 2.56. The third kappa shape index (κ3) is 2.86. The van der Waals surface area contributed by atoms with Crippen molar-refractivity contribution >= 4 is 20.2 Å². The van der Waals surface area contributed by atoms with Crippen LogP contribution in [0.3, 0.4) is 0 Å². The summed E-state index contributed by atoms with van der Waals surface area (Å²) in [7, 11) is -1.96.